The molecule has 1 atom stereocenters. The van der Waals surface area contributed by atoms with Crippen LogP contribution in [0.2, 0.25) is 0 Å². The van der Waals surface area contributed by atoms with E-state index in [4.69, 9.17) is 5.14 Å². The molecule has 0 heterocycles. The summed E-state index contributed by atoms with van der Waals surface area (Å²) in [6, 6.07) is 11.2. The van der Waals surface area contributed by atoms with Crippen LogP contribution in [0.3, 0.4) is 0 Å². The maximum Gasteiger partial charge on any atom is 0.270 e. The Labute approximate surface area is 123 Å². The topological polar surface area (TPSA) is 120 Å². The summed E-state index contributed by atoms with van der Waals surface area (Å²) in [7, 11) is -6.05. The molecule has 2 aromatic carbocycles. The molecule has 110 valence electrons. The van der Waals surface area contributed by atoms with Crippen LogP contribution in [0, 0.1) is 10.1 Å². The van der Waals surface area contributed by atoms with Gasteiger partial charge < -0.3 is 0 Å². The first-order chi connectivity index (χ1) is 9.80. The minimum absolute atomic E-state index is 0.0886. The molecule has 0 bridgehead atoms. The normalized spacial score (nSPS) is 12.8. The quantitative estimate of drug-likeness (QED) is 0.672. The summed E-state index contributed by atoms with van der Waals surface area (Å²) < 4.78 is 35.6. The fourth-order valence-electron chi connectivity index (χ4n) is 1.66. The number of hydrogen-bond donors (Lipinski definition) is 1. The highest BCUT2D eigenvalue weighted by molar-refractivity contribution is 7.90. The average Bonchev–Trinajstić information content (AvgIpc) is 2.46. The van der Waals surface area contributed by atoms with Gasteiger partial charge in [0.15, 0.2) is 0 Å². The third-order valence-electron chi connectivity index (χ3n) is 2.60. The lowest BCUT2D eigenvalue weighted by atomic mass is 10.3. The molecule has 2 rings (SSSR count). The number of nitro benzene ring substituents is 1. The SMILES string of the molecule is NS(=O)(=O)c1cc([N+](=O)[O-])ccc1S(=O)c1ccccc1. The van der Waals surface area contributed by atoms with Gasteiger partial charge in [0.05, 0.1) is 20.6 Å². The summed E-state index contributed by atoms with van der Waals surface area (Å²) in [5.74, 6) is 0. The van der Waals surface area contributed by atoms with E-state index >= 15 is 0 Å². The highest BCUT2D eigenvalue weighted by Crippen LogP contribution is 2.27. The lowest BCUT2D eigenvalue weighted by Crippen LogP contribution is -2.15. The van der Waals surface area contributed by atoms with Gasteiger partial charge in [0.2, 0.25) is 10.0 Å². The number of nitrogens with zero attached hydrogens (tertiary/aromatic N) is 1. The molecule has 0 amide bonds. The maximum atomic E-state index is 12.4. The molecule has 0 saturated carbocycles. The summed E-state index contributed by atoms with van der Waals surface area (Å²) in [5, 5.41) is 15.8. The smallest absolute Gasteiger partial charge is 0.258 e. The molecule has 0 aliphatic carbocycles. The molecule has 7 nitrogen and oxygen atoms in total. The predicted octanol–water partition coefficient (Wildman–Crippen LogP) is 1.41. The zero-order valence-corrected chi connectivity index (χ0v) is 12.1. The fraction of sp³-hybridized carbons (Fsp3) is 0. The van der Waals surface area contributed by atoms with Crippen molar-refractivity contribution < 1.29 is 17.6 Å². The molecule has 0 aliphatic heterocycles. The molecule has 2 aromatic rings. The largest absolute Gasteiger partial charge is 0.270 e. The number of non-ortho nitro benzene ring substituents is 1. The van der Waals surface area contributed by atoms with Crippen LogP contribution in [-0.4, -0.2) is 17.6 Å². The monoisotopic (exact) mass is 326 g/mol. The molecule has 2 N–H and O–H groups in total. The summed E-state index contributed by atoms with van der Waals surface area (Å²) in [4.78, 5) is 9.75. The lowest BCUT2D eigenvalue weighted by Gasteiger charge is -2.07. The van der Waals surface area contributed by atoms with E-state index in [1.165, 1.54) is 0 Å². The zero-order valence-electron chi connectivity index (χ0n) is 10.5. The number of hydrogen-bond acceptors (Lipinski definition) is 5. The summed E-state index contributed by atoms with van der Waals surface area (Å²) in [5.41, 5.74) is -0.437. The maximum absolute atomic E-state index is 12.4. The molecule has 0 radical (unpaired) electrons. The molecule has 0 fully saturated rings. The van der Waals surface area contributed by atoms with Crippen molar-refractivity contribution in [3.05, 3.63) is 58.6 Å². The van der Waals surface area contributed by atoms with Crippen molar-refractivity contribution in [2.45, 2.75) is 14.7 Å². The van der Waals surface area contributed by atoms with Gasteiger partial charge in [-0.15, -0.1) is 0 Å². The summed E-state index contributed by atoms with van der Waals surface area (Å²) >= 11 is 0. The molecule has 0 saturated heterocycles. The van der Waals surface area contributed by atoms with E-state index in [-0.39, 0.29) is 4.90 Å². The number of nitro groups is 1. The Morgan fingerprint density at radius 1 is 1.10 bits per heavy atom. The molecule has 21 heavy (non-hydrogen) atoms. The number of rotatable bonds is 4. The van der Waals surface area contributed by atoms with Crippen LogP contribution in [-0.2, 0) is 20.8 Å². The second kappa shape index (κ2) is 5.72. The zero-order chi connectivity index (χ0) is 15.6. The van der Waals surface area contributed by atoms with E-state index in [1.807, 2.05) is 0 Å². The van der Waals surface area contributed by atoms with Gasteiger partial charge in [0.25, 0.3) is 5.69 Å². The molecule has 9 heteroatoms. The van der Waals surface area contributed by atoms with Crippen molar-refractivity contribution in [2.24, 2.45) is 5.14 Å². The van der Waals surface area contributed by atoms with Crippen LogP contribution in [0.25, 0.3) is 0 Å². The van der Waals surface area contributed by atoms with Crippen LogP contribution >= 0.6 is 0 Å². The number of benzene rings is 2. The van der Waals surface area contributed by atoms with E-state index in [1.54, 1.807) is 30.3 Å². The second-order valence-corrected chi connectivity index (χ2v) is 6.99. The van der Waals surface area contributed by atoms with Crippen LogP contribution in [0.4, 0.5) is 5.69 Å². The van der Waals surface area contributed by atoms with Crippen molar-refractivity contribution >= 4 is 26.5 Å². The molecule has 0 aliphatic rings. The molecule has 0 aromatic heterocycles. The fourth-order valence-corrected chi connectivity index (χ4v) is 3.96. The molecular formula is C12H10N2O5S2. The van der Waals surface area contributed by atoms with Crippen molar-refractivity contribution in [2.75, 3.05) is 0 Å². The average molecular weight is 326 g/mol. The van der Waals surface area contributed by atoms with Gasteiger partial charge in [-0.2, -0.15) is 0 Å². The number of primary sulfonamides is 1. The Hall–Kier alpha value is -2.10. The summed E-state index contributed by atoms with van der Waals surface area (Å²) in [6.07, 6.45) is 0. The minimum atomic E-state index is -4.24. The van der Waals surface area contributed by atoms with Crippen LogP contribution in [0.1, 0.15) is 0 Å². The Morgan fingerprint density at radius 3 is 2.24 bits per heavy atom. The summed E-state index contributed by atoms with van der Waals surface area (Å²) in [6.45, 7) is 0. The van der Waals surface area contributed by atoms with Crippen molar-refractivity contribution in [1.29, 1.82) is 0 Å². The van der Waals surface area contributed by atoms with Gasteiger partial charge >= 0.3 is 0 Å². The van der Waals surface area contributed by atoms with E-state index in [0.29, 0.717) is 4.90 Å². The van der Waals surface area contributed by atoms with Crippen molar-refractivity contribution in [1.82, 2.24) is 0 Å². The van der Waals surface area contributed by atoms with Crippen LogP contribution < -0.4 is 5.14 Å². The van der Waals surface area contributed by atoms with Crippen LogP contribution in [0.15, 0.2) is 63.2 Å². The highest BCUT2D eigenvalue weighted by atomic mass is 32.2. The Morgan fingerprint density at radius 2 is 1.71 bits per heavy atom. The minimum Gasteiger partial charge on any atom is -0.258 e. The van der Waals surface area contributed by atoms with Crippen molar-refractivity contribution in [3.63, 3.8) is 0 Å². The molecule has 1 unspecified atom stereocenters. The third-order valence-corrected chi connectivity index (χ3v) is 5.14. The Balaban J connectivity index is 2.64. The first-order valence-electron chi connectivity index (χ1n) is 5.59. The predicted molar refractivity (Wildman–Crippen MR) is 75.6 cm³/mol. The highest BCUT2D eigenvalue weighted by Gasteiger charge is 2.23. The number of nitrogens with two attached hydrogens (primary N) is 1. The van der Waals surface area contributed by atoms with Gasteiger partial charge in [-0.05, 0) is 18.2 Å². The van der Waals surface area contributed by atoms with Gasteiger partial charge in [-0.3, -0.25) is 10.1 Å². The van der Waals surface area contributed by atoms with E-state index < -0.39 is 36.3 Å². The molecular weight excluding hydrogens is 316 g/mol. The lowest BCUT2D eigenvalue weighted by molar-refractivity contribution is -0.385. The van der Waals surface area contributed by atoms with Gasteiger partial charge in [-0.25, -0.2) is 17.8 Å². The first-order valence-corrected chi connectivity index (χ1v) is 8.28. The van der Waals surface area contributed by atoms with E-state index in [0.717, 1.165) is 18.2 Å². The van der Waals surface area contributed by atoms with Gasteiger partial charge in [0, 0.05) is 17.0 Å². The van der Waals surface area contributed by atoms with Crippen molar-refractivity contribution in [3.8, 4) is 0 Å². The van der Waals surface area contributed by atoms with Gasteiger partial charge in [0.1, 0.15) is 4.90 Å². The van der Waals surface area contributed by atoms with Crippen LogP contribution in [0.5, 0.6) is 0 Å². The Bertz CT molecular complexity index is 819. The number of sulfonamides is 1. The third kappa shape index (κ3) is 3.32. The van der Waals surface area contributed by atoms with E-state index in [2.05, 4.69) is 0 Å². The second-order valence-electron chi connectivity index (χ2n) is 4.01. The standard InChI is InChI=1S/C12H10N2O5S2/c13-21(18,19)12-8-9(14(15)16)6-7-11(12)20(17)10-4-2-1-3-5-10/h1-8H,(H2,13,18,19). The van der Waals surface area contributed by atoms with Gasteiger partial charge in [-0.1, -0.05) is 18.2 Å². The Kier molecular flexibility index (Phi) is 4.16. The van der Waals surface area contributed by atoms with E-state index in [9.17, 15) is 22.7 Å². The molecule has 0 spiro atoms. The first kappa shape index (κ1) is 15.3.